The summed E-state index contributed by atoms with van der Waals surface area (Å²) in [5, 5.41) is 17.7. The van der Waals surface area contributed by atoms with Crippen LogP contribution in [0.2, 0.25) is 0 Å². The van der Waals surface area contributed by atoms with Crippen molar-refractivity contribution in [3.05, 3.63) is 35.9 Å². The largest absolute Gasteiger partial charge is 0.394 e. The monoisotopic (exact) mass is 301 g/mol. The van der Waals surface area contributed by atoms with Gasteiger partial charge in [-0.1, -0.05) is 0 Å². The summed E-state index contributed by atoms with van der Waals surface area (Å²) in [4.78, 5) is 20.2. The van der Waals surface area contributed by atoms with Crippen LogP contribution in [0.5, 0.6) is 0 Å². The van der Waals surface area contributed by atoms with Crippen LogP contribution in [0.25, 0.3) is 5.69 Å². The third-order valence-electron chi connectivity index (χ3n) is 4.02. The second-order valence-electron chi connectivity index (χ2n) is 5.64. The zero-order valence-electron chi connectivity index (χ0n) is 12.7. The maximum Gasteiger partial charge on any atom is 0.274 e. The van der Waals surface area contributed by atoms with E-state index in [0.717, 1.165) is 18.5 Å². The Balaban J connectivity index is 1.96. The first-order chi connectivity index (χ1) is 10.6. The smallest absolute Gasteiger partial charge is 0.274 e. The summed E-state index contributed by atoms with van der Waals surface area (Å²) in [6, 6.07) is 3.45. The molecule has 22 heavy (non-hydrogen) atoms. The number of aliphatic hydroxyl groups excluding tert-OH is 1. The second kappa shape index (κ2) is 5.84. The number of amides is 1. The number of carbonyl (C=O) groups excluding carboxylic acids is 1. The summed E-state index contributed by atoms with van der Waals surface area (Å²) in [6.45, 7) is 1.80. The van der Waals surface area contributed by atoms with Gasteiger partial charge in [-0.3, -0.25) is 4.79 Å². The summed E-state index contributed by atoms with van der Waals surface area (Å²) < 4.78 is 0. The minimum absolute atomic E-state index is 0.0337. The summed E-state index contributed by atoms with van der Waals surface area (Å²) >= 11 is 0. The minimum Gasteiger partial charge on any atom is -0.394 e. The van der Waals surface area contributed by atoms with Crippen LogP contribution in [0.4, 0.5) is 0 Å². The topological polar surface area (TPSA) is 84.1 Å². The van der Waals surface area contributed by atoms with Crippen LogP contribution >= 0.6 is 0 Å². The molecule has 0 aliphatic heterocycles. The SMILES string of the molecule is Cc1ccc(-n2nccn2)c(C(=O)N(C)[C@H](CO)C2CC2)n1. The van der Waals surface area contributed by atoms with E-state index >= 15 is 0 Å². The lowest BCUT2D eigenvalue weighted by molar-refractivity contribution is 0.0622. The van der Waals surface area contributed by atoms with Gasteiger partial charge in [0.15, 0.2) is 5.69 Å². The van der Waals surface area contributed by atoms with E-state index in [1.54, 1.807) is 30.4 Å². The maximum atomic E-state index is 12.8. The van der Waals surface area contributed by atoms with Gasteiger partial charge in [-0.15, -0.1) is 4.80 Å². The zero-order chi connectivity index (χ0) is 15.7. The Bertz CT molecular complexity index is 667. The Kier molecular flexibility index (Phi) is 3.89. The number of pyridine rings is 1. The molecule has 1 atom stereocenters. The molecule has 0 aromatic carbocycles. The summed E-state index contributed by atoms with van der Waals surface area (Å²) in [5.74, 6) is 0.164. The molecule has 7 heteroatoms. The summed E-state index contributed by atoms with van der Waals surface area (Å²) in [6.07, 6.45) is 5.21. The van der Waals surface area contributed by atoms with Gasteiger partial charge in [0.1, 0.15) is 5.69 Å². The predicted octanol–water partition coefficient (Wildman–Crippen LogP) is 0.814. The molecule has 1 saturated carbocycles. The molecule has 0 saturated heterocycles. The first kappa shape index (κ1) is 14.6. The van der Waals surface area contributed by atoms with Gasteiger partial charge in [0.2, 0.25) is 0 Å². The summed E-state index contributed by atoms with van der Waals surface area (Å²) in [5.41, 5.74) is 1.59. The fourth-order valence-electron chi connectivity index (χ4n) is 2.59. The highest BCUT2D eigenvalue weighted by Gasteiger charge is 2.36. The van der Waals surface area contributed by atoms with Crippen molar-refractivity contribution in [1.82, 2.24) is 24.9 Å². The van der Waals surface area contributed by atoms with Crippen LogP contribution in [0.1, 0.15) is 29.0 Å². The maximum absolute atomic E-state index is 12.8. The number of aryl methyl sites for hydroxylation is 1. The molecule has 2 heterocycles. The molecule has 0 spiro atoms. The fourth-order valence-corrected chi connectivity index (χ4v) is 2.59. The molecule has 0 radical (unpaired) electrons. The number of likely N-dealkylation sites (N-methyl/N-ethyl adjacent to an activating group) is 1. The van der Waals surface area contributed by atoms with Crippen LogP contribution in [0, 0.1) is 12.8 Å². The van der Waals surface area contributed by atoms with Crippen LogP contribution in [0.3, 0.4) is 0 Å². The van der Waals surface area contributed by atoms with E-state index < -0.39 is 0 Å². The normalized spacial score (nSPS) is 15.6. The van der Waals surface area contributed by atoms with Crippen molar-refractivity contribution < 1.29 is 9.90 Å². The van der Waals surface area contributed by atoms with Crippen molar-refractivity contribution in [3.8, 4) is 5.69 Å². The summed E-state index contributed by atoms with van der Waals surface area (Å²) in [7, 11) is 1.71. The molecule has 3 rings (SSSR count). The van der Waals surface area contributed by atoms with Crippen LogP contribution < -0.4 is 0 Å². The van der Waals surface area contributed by atoms with Crippen LogP contribution in [0.15, 0.2) is 24.5 Å². The van der Waals surface area contributed by atoms with Crippen LogP contribution in [-0.2, 0) is 0 Å². The van der Waals surface area contributed by atoms with Crippen molar-refractivity contribution in [2.75, 3.05) is 13.7 Å². The molecule has 2 aromatic rings. The van der Waals surface area contributed by atoms with Crippen molar-refractivity contribution in [1.29, 1.82) is 0 Å². The van der Waals surface area contributed by atoms with Gasteiger partial charge in [-0.25, -0.2) is 4.98 Å². The van der Waals surface area contributed by atoms with E-state index in [2.05, 4.69) is 15.2 Å². The number of hydrogen-bond donors (Lipinski definition) is 1. The first-order valence-electron chi connectivity index (χ1n) is 7.34. The van der Waals surface area contributed by atoms with Gasteiger partial charge in [0, 0.05) is 12.7 Å². The molecule has 1 aliphatic carbocycles. The fraction of sp³-hybridized carbons (Fsp3) is 0.467. The number of carbonyl (C=O) groups is 1. The molecule has 2 aromatic heterocycles. The lowest BCUT2D eigenvalue weighted by atomic mass is 10.1. The van der Waals surface area contributed by atoms with Gasteiger partial charge in [0.25, 0.3) is 5.91 Å². The molecular weight excluding hydrogens is 282 g/mol. The Morgan fingerprint density at radius 3 is 2.68 bits per heavy atom. The predicted molar refractivity (Wildman–Crippen MR) is 79.6 cm³/mol. The van der Waals surface area contributed by atoms with Gasteiger partial charge in [-0.05, 0) is 37.8 Å². The van der Waals surface area contributed by atoms with Crippen molar-refractivity contribution in [2.24, 2.45) is 5.92 Å². The molecule has 0 unspecified atom stereocenters. The Morgan fingerprint density at radius 1 is 1.41 bits per heavy atom. The second-order valence-corrected chi connectivity index (χ2v) is 5.64. The molecule has 0 bridgehead atoms. The molecule has 1 amide bonds. The quantitative estimate of drug-likeness (QED) is 0.883. The van der Waals surface area contributed by atoms with Crippen molar-refractivity contribution in [3.63, 3.8) is 0 Å². The average Bonchev–Trinajstić information content (AvgIpc) is 3.20. The zero-order valence-corrected chi connectivity index (χ0v) is 12.7. The van der Waals surface area contributed by atoms with E-state index in [4.69, 9.17) is 0 Å². The van der Waals surface area contributed by atoms with Gasteiger partial charge >= 0.3 is 0 Å². The number of rotatable bonds is 5. The Hall–Kier alpha value is -2.28. The first-order valence-corrected chi connectivity index (χ1v) is 7.34. The van der Waals surface area contributed by atoms with Gasteiger partial charge < -0.3 is 10.0 Å². The van der Waals surface area contributed by atoms with Crippen LogP contribution in [-0.4, -0.2) is 55.6 Å². The standard InChI is InChI=1S/C15H19N5O2/c1-10-3-6-12(20-16-7-8-17-20)14(18-10)15(22)19(2)13(9-21)11-4-5-11/h3,6-8,11,13,21H,4-5,9H2,1-2H3/t13-/m1/s1. The van der Waals surface area contributed by atoms with E-state index in [9.17, 15) is 9.90 Å². The van der Waals surface area contributed by atoms with Gasteiger partial charge in [0.05, 0.1) is 25.0 Å². The number of nitrogens with zero attached hydrogens (tertiary/aromatic N) is 5. The highest BCUT2D eigenvalue weighted by Crippen LogP contribution is 2.35. The number of aliphatic hydroxyl groups is 1. The molecular formula is C15H19N5O2. The van der Waals surface area contributed by atoms with E-state index in [0.29, 0.717) is 17.3 Å². The third-order valence-corrected chi connectivity index (χ3v) is 4.02. The Morgan fingerprint density at radius 2 is 2.09 bits per heavy atom. The van der Waals surface area contributed by atoms with E-state index in [1.165, 1.54) is 4.80 Å². The molecule has 1 aliphatic rings. The van der Waals surface area contributed by atoms with E-state index in [1.807, 2.05) is 13.0 Å². The molecule has 7 nitrogen and oxygen atoms in total. The lowest BCUT2D eigenvalue weighted by Crippen LogP contribution is -2.41. The Labute approximate surface area is 128 Å². The molecule has 1 fully saturated rings. The number of aromatic nitrogens is 4. The number of hydrogen-bond acceptors (Lipinski definition) is 5. The minimum atomic E-state index is -0.220. The van der Waals surface area contributed by atoms with Crippen molar-refractivity contribution >= 4 is 5.91 Å². The lowest BCUT2D eigenvalue weighted by Gasteiger charge is -2.27. The van der Waals surface area contributed by atoms with Crippen molar-refractivity contribution in [2.45, 2.75) is 25.8 Å². The molecule has 116 valence electrons. The van der Waals surface area contributed by atoms with Gasteiger partial charge in [-0.2, -0.15) is 10.2 Å². The molecule has 1 N–H and O–H groups in total. The third kappa shape index (κ3) is 2.71. The highest BCUT2D eigenvalue weighted by atomic mass is 16.3. The highest BCUT2D eigenvalue weighted by molar-refractivity contribution is 5.95. The average molecular weight is 301 g/mol. The van der Waals surface area contributed by atoms with E-state index in [-0.39, 0.29) is 18.6 Å².